The van der Waals surface area contributed by atoms with Gasteiger partial charge in [0.2, 0.25) is 5.91 Å². The predicted molar refractivity (Wildman–Crippen MR) is 96.7 cm³/mol. The average Bonchev–Trinajstić information content (AvgIpc) is 2.96. The van der Waals surface area contributed by atoms with Crippen LogP contribution in [0.5, 0.6) is 0 Å². The third kappa shape index (κ3) is 3.86. The van der Waals surface area contributed by atoms with Crippen LogP contribution in [0.25, 0.3) is 11.4 Å². The molecule has 0 aliphatic carbocycles. The van der Waals surface area contributed by atoms with Crippen molar-refractivity contribution in [1.82, 2.24) is 19.7 Å². The number of aromatic nitrogens is 3. The number of nitrogens with zero attached hydrogens (tertiary/aromatic N) is 4. The van der Waals surface area contributed by atoms with E-state index in [0.29, 0.717) is 22.5 Å². The number of hydrogen-bond donors (Lipinski definition) is 0. The van der Waals surface area contributed by atoms with Crippen LogP contribution in [0.1, 0.15) is 26.7 Å². The van der Waals surface area contributed by atoms with Crippen LogP contribution in [0.4, 0.5) is 4.39 Å². The summed E-state index contributed by atoms with van der Waals surface area (Å²) in [7, 11) is 1.80. The first-order valence-electron chi connectivity index (χ1n) is 8.57. The number of hydrogen-bond acceptors (Lipinski definition) is 4. The Hall–Kier alpha value is -1.89. The maximum Gasteiger partial charge on any atom is 0.235 e. The zero-order valence-corrected chi connectivity index (χ0v) is 15.6. The Morgan fingerprint density at radius 2 is 1.96 bits per heavy atom. The molecule has 2 aromatic rings. The molecule has 25 heavy (non-hydrogen) atoms. The number of carbonyl (C=O) groups is 1. The number of halogens is 1. The fourth-order valence-electron chi connectivity index (χ4n) is 2.99. The molecule has 1 fully saturated rings. The van der Waals surface area contributed by atoms with Crippen molar-refractivity contribution < 1.29 is 9.18 Å². The third-order valence-electron chi connectivity index (χ3n) is 4.67. The summed E-state index contributed by atoms with van der Waals surface area (Å²) < 4.78 is 15.7. The van der Waals surface area contributed by atoms with Gasteiger partial charge in [0.05, 0.1) is 10.8 Å². The number of benzene rings is 1. The lowest BCUT2D eigenvalue weighted by atomic mass is 9.99. The van der Waals surface area contributed by atoms with Crippen molar-refractivity contribution in [3.63, 3.8) is 0 Å². The van der Waals surface area contributed by atoms with E-state index >= 15 is 0 Å². The molecule has 3 rings (SSSR count). The Balaban J connectivity index is 1.71. The zero-order chi connectivity index (χ0) is 18.0. The lowest BCUT2D eigenvalue weighted by Gasteiger charge is -2.31. The second-order valence-electron chi connectivity index (χ2n) is 6.61. The lowest BCUT2D eigenvalue weighted by Crippen LogP contribution is -2.41. The van der Waals surface area contributed by atoms with Gasteiger partial charge in [-0.05, 0) is 37.8 Å². The maximum absolute atomic E-state index is 14.0. The van der Waals surface area contributed by atoms with Gasteiger partial charge in [-0.3, -0.25) is 4.79 Å². The van der Waals surface area contributed by atoms with Crippen LogP contribution in [0, 0.1) is 11.7 Å². The highest BCUT2D eigenvalue weighted by Gasteiger charge is 2.26. The summed E-state index contributed by atoms with van der Waals surface area (Å²) in [4.78, 5) is 14.6. The molecule has 0 radical (unpaired) electrons. The van der Waals surface area contributed by atoms with E-state index in [2.05, 4.69) is 17.1 Å². The minimum absolute atomic E-state index is 0.132. The highest BCUT2D eigenvalue weighted by atomic mass is 32.2. The minimum Gasteiger partial charge on any atom is -0.342 e. The van der Waals surface area contributed by atoms with Crippen molar-refractivity contribution in [1.29, 1.82) is 0 Å². The largest absolute Gasteiger partial charge is 0.342 e. The van der Waals surface area contributed by atoms with E-state index in [0.717, 1.165) is 25.9 Å². The summed E-state index contributed by atoms with van der Waals surface area (Å²) in [6, 6.07) is 6.49. The summed E-state index contributed by atoms with van der Waals surface area (Å²) >= 11 is 1.37. The molecule has 0 bridgehead atoms. The molecule has 1 aliphatic rings. The van der Waals surface area contributed by atoms with Gasteiger partial charge in [0.1, 0.15) is 5.82 Å². The van der Waals surface area contributed by atoms with E-state index < -0.39 is 0 Å². The van der Waals surface area contributed by atoms with Crippen LogP contribution >= 0.6 is 11.8 Å². The molecule has 1 aromatic carbocycles. The Morgan fingerprint density at radius 3 is 2.64 bits per heavy atom. The van der Waals surface area contributed by atoms with Crippen LogP contribution in [-0.2, 0) is 11.8 Å². The van der Waals surface area contributed by atoms with Crippen LogP contribution in [-0.4, -0.2) is 43.9 Å². The average molecular weight is 362 g/mol. The lowest BCUT2D eigenvalue weighted by molar-refractivity contribution is -0.131. The Kier molecular flexibility index (Phi) is 5.42. The van der Waals surface area contributed by atoms with Crippen molar-refractivity contribution in [2.45, 2.75) is 37.1 Å². The van der Waals surface area contributed by atoms with Crippen LogP contribution in [0.2, 0.25) is 0 Å². The molecular formula is C18H23FN4OS. The fourth-order valence-corrected chi connectivity index (χ4v) is 3.89. The number of amides is 1. The highest BCUT2D eigenvalue weighted by molar-refractivity contribution is 8.00. The Bertz CT molecular complexity index is 755. The first-order chi connectivity index (χ1) is 12.0. The normalized spacial score (nSPS) is 16.9. The van der Waals surface area contributed by atoms with Gasteiger partial charge in [0.15, 0.2) is 11.0 Å². The summed E-state index contributed by atoms with van der Waals surface area (Å²) in [5.41, 5.74) is 0.411. The number of piperidine rings is 1. The molecule has 1 atom stereocenters. The van der Waals surface area contributed by atoms with Crippen molar-refractivity contribution in [3.05, 3.63) is 30.1 Å². The summed E-state index contributed by atoms with van der Waals surface area (Å²) in [5.74, 6) is 0.953. The molecule has 1 saturated heterocycles. The molecule has 1 aromatic heterocycles. The van der Waals surface area contributed by atoms with E-state index in [1.54, 1.807) is 29.8 Å². The molecule has 1 aliphatic heterocycles. The number of rotatable bonds is 4. The van der Waals surface area contributed by atoms with Gasteiger partial charge in [0.25, 0.3) is 0 Å². The molecule has 134 valence electrons. The highest BCUT2D eigenvalue weighted by Crippen LogP contribution is 2.28. The molecule has 2 heterocycles. The van der Waals surface area contributed by atoms with Gasteiger partial charge >= 0.3 is 0 Å². The second-order valence-corrected chi connectivity index (χ2v) is 7.92. The second kappa shape index (κ2) is 7.56. The van der Waals surface area contributed by atoms with Crippen molar-refractivity contribution in [3.8, 4) is 11.4 Å². The van der Waals surface area contributed by atoms with Gasteiger partial charge < -0.3 is 9.47 Å². The Labute approximate surface area is 151 Å². The van der Waals surface area contributed by atoms with Crippen molar-refractivity contribution in [2.24, 2.45) is 13.0 Å². The van der Waals surface area contributed by atoms with E-state index in [4.69, 9.17) is 0 Å². The van der Waals surface area contributed by atoms with E-state index in [1.165, 1.54) is 17.8 Å². The van der Waals surface area contributed by atoms with E-state index in [-0.39, 0.29) is 17.0 Å². The summed E-state index contributed by atoms with van der Waals surface area (Å²) in [5, 5.41) is 8.63. The number of thioether (sulfide) groups is 1. The number of carbonyl (C=O) groups excluding carboxylic acids is 1. The quantitative estimate of drug-likeness (QED) is 0.783. The Morgan fingerprint density at radius 1 is 1.28 bits per heavy atom. The van der Waals surface area contributed by atoms with Crippen molar-refractivity contribution in [2.75, 3.05) is 13.1 Å². The maximum atomic E-state index is 14.0. The molecule has 1 amide bonds. The molecule has 0 spiro atoms. The first kappa shape index (κ1) is 17.9. The SMILES string of the molecule is CC1CCN(C(=O)[C@@H](C)Sc2nnc(-c3ccccc3F)n2C)CC1. The third-order valence-corrected chi connectivity index (χ3v) is 5.80. The first-order valence-corrected chi connectivity index (χ1v) is 9.45. The minimum atomic E-state index is -0.332. The topological polar surface area (TPSA) is 51.0 Å². The van der Waals surface area contributed by atoms with Gasteiger partial charge in [-0.1, -0.05) is 30.8 Å². The molecule has 5 nitrogen and oxygen atoms in total. The zero-order valence-electron chi connectivity index (χ0n) is 14.8. The van der Waals surface area contributed by atoms with Crippen molar-refractivity contribution >= 4 is 17.7 Å². The van der Waals surface area contributed by atoms with Gasteiger partial charge in [-0.15, -0.1) is 10.2 Å². The molecule has 0 N–H and O–H groups in total. The van der Waals surface area contributed by atoms with Crippen LogP contribution in [0.3, 0.4) is 0 Å². The van der Waals surface area contributed by atoms with Gasteiger partial charge in [-0.2, -0.15) is 0 Å². The molecule has 0 saturated carbocycles. The summed E-state index contributed by atoms with van der Waals surface area (Å²) in [6.45, 7) is 5.76. The van der Waals surface area contributed by atoms with Gasteiger partial charge in [-0.25, -0.2) is 4.39 Å². The summed E-state index contributed by atoms with van der Waals surface area (Å²) in [6.07, 6.45) is 2.12. The number of likely N-dealkylation sites (tertiary alicyclic amines) is 1. The predicted octanol–water partition coefficient (Wildman–Crippen LogP) is 3.36. The van der Waals surface area contributed by atoms with E-state index in [1.807, 2.05) is 11.8 Å². The fraction of sp³-hybridized carbons (Fsp3) is 0.500. The molecular weight excluding hydrogens is 339 g/mol. The van der Waals surface area contributed by atoms with Crippen LogP contribution < -0.4 is 0 Å². The standard InChI is InChI=1S/C18H23FN4OS/c1-12-8-10-23(11-9-12)17(24)13(2)25-18-21-20-16(22(18)3)14-6-4-5-7-15(14)19/h4-7,12-13H,8-11H2,1-3H3/t13-/m1/s1. The smallest absolute Gasteiger partial charge is 0.235 e. The monoisotopic (exact) mass is 362 g/mol. The van der Waals surface area contributed by atoms with Crippen LogP contribution in [0.15, 0.2) is 29.4 Å². The van der Waals surface area contributed by atoms with E-state index in [9.17, 15) is 9.18 Å². The molecule has 7 heteroatoms. The molecule has 0 unspecified atom stereocenters. The van der Waals surface area contributed by atoms with Gasteiger partial charge in [0, 0.05) is 20.1 Å².